The average molecular weight is 281 g/mol. The zero-order chi connectivity index (χ0) is 15.0. The van der Waals surface area contributed by atoms with Gasteiger partial charge in [0, 0.05) is 26.6 Å². The van der Waals surface area contributed by atoms with Crippen LogP contribution in [0.25, 0.3) is 0 Å². The molecule has 0 aromatic rings. The van der Waals surface area contributed by atoms with Crippen LogP contribution in [0.2, 0.25) is 0 Å². The Morgan fingerprint density at radius 3 is 2.50 bits per heavy atom. The van der Waals surface area contributed by atoms with E-state index in [0.29, 0.717) is 6.61 Å². The SMILES string of the molecule is CC(=O)OCCN1CC=C(B2OC(C)(C)C(C)(C)O2)C1. The Labute approximate surface area is 121 Å². The van der Waals surface area contributed by atoms with Gasteiger partial charge in [0.1, 0.15) is 6.61 Å². The van der Waals surface area contributed by atoms with Gasteiger partial charge in [-0.3, -0.25) is 9.69 Å². The minimum Gasteiger partial charge on any atom is -0.465 e. The Balaban J connectivity index is 1.83. The number of hydrogen-bond acceptors (Lipinski definition) is 5. The summed E-state index contributed by atoms with van der Waals surface area (Å²) in [4.78, 5) is 13.0. The quantitative estimate of drug-likeness (QED) is 0.576. The van der Waals surface area contributed by atoms with E-state index in [2.05, 4.69) is 38.7 Å². The van der Waals surface area contributed by atoms with E-state index in [1.165, 1.54) is 6.92 Å². The Hall–Kier alpha value is -0.845. The Bertz CT molecular complexity index is 403. The fourth-order valence-corrected chi connectivity index (χ4v) is 2.29. The lowest BCUT2D eigenvalue weighted by Crippen LogP contribution is -2.41. The molecule has 0 radical (unpaired) electrons. The second-order valence-corrected chi connectivity index (χ2v) is 6.44. The van der Waals surface area contributed by atoms with Crippen LogP contribution in [0, 0.1) is 0 Å². The summed E-state index contributed by atoms with van der Waals surface area (Å²) in [6.45, 7) is 12.5. The fraction of sp³-hybridized carbons (Fsp3) is 0.786. The van der Waals surface area contributed by atoms with E-state index >= 15 is 0 Å². The van der Waals surface area contributed by atoms with Crippen molar-refractivity contribution in [3.63, 3.8) is 0 Å². The minimum atomic E-state index is -0.302. The summed E-state index contributed by atoms with van der Waals surface area (Å²) in [6, 6.07) is 0. The number of ether oxygens (including phenoxy) is 1. The lowest BCUT2D eigenvalue weighted by atomic mass is 9.79. The highest BCUT2D eigenvalue weighted by molar-refractivity contribution is 6.54. The van der Waals surface area contributed by atoms with Crippen molar-refractivity contribution < 1.29 is 18.8 Å². The second-order valence-electron chi connectivity index (χ2n) is 6.44. The standard InChI is InChI=1S/C14H24BNO4/c1-11(17)18-9-8-16-7-6-12(10-16)15-19-13(2,3)14(4,5)20-15/h6H,7-10H2,1-5H3. The summed E-state index contributed by atoms with van der Waals surface area (Å²) < 4.78 is 17.0. The molecule has 2 heterocycles. The zero-order valence-electron chi connectivity index (χ0n) is 13.1. The smallest absolute Gasteiger partial charge is 0.465 e. The fourth-order valence-electron chi connectivity index (χ4n) is 2.29. The lowest BCUT2D eigenvalue weighted by molar-refractivity contribution is -0.141. The number of nitrogens with zero attached hydrogens (tertiary/aromatic N) is 1. The lowest BCUT2D eigenvalue weighted by Gasteiger charge is -2.32. The predicted octanol–water partition coefficient (Wildman–Crippen LogP) is 1.42. The van der Waals surface area contributed by atoms with Crippen LogP contribution in [0.3, 0.4) is 0 Å². The first-order valence-corrected chi connectivity index (χ1v) is 7.11. The largest absolute Gasteiger partial charge is 0.491 e. The van der Waals surface area contributed by atoms with Crippen LogP contribution < -0.4 is 0 Å². The van der Waals surface area contributed by atoms with E-state index in [9.17, 15) is 4.79 Å². The Kier molecular flexibility index (Phi) is 4.28. The van der Waals surface area contributed by atoms with E-state index in [-0.39, 0.29) is 24.3 Å². The van der Waals surface area contributed by atoms with Crippen molar-refractivity contribution in [1.82, 2.24) is 4.90 Å². The highest BCUT2D eigenvalue weighted by atomic mass is 16.7. The summed E-state index contributed by atoms with van der Waals surface area (Å²) in [6.07, 6.45) is 2.15. The summed E-state index contributed by atoms with van der Waals surface area (Å²) >= 11 is 0. The number of carbonyl (C=O) groups is 1. The molecule has 20 heavy (non-hydrogen) atoms. The van der Waals surface area contributed by atoms with E-state index in [1.807, 2.05) is 0 Å². The van der Waals surface area contributed by atoms with Gasteiger partial charge < -0.3 is 14.0 Å². The van der Waals surface area contributed by atoms with Crippen molar-refractivity contribution in [1.29, 1.82) is 0 Å². The third-order valence-electron chi connectivity index (χ3n) is 4.29. The molecule has 2 aliphatic rings. The van der Waals surface area contributed by atoms with Crippen LogP contribution in [-0.4, -0.2) is 55.4 Å². The predicted molar refractivity (Wildman–Crippen MR) is 77.2 cm³/mol. The van der Waals surface area contributed by atoms with Crippen LogP contribution in [-0.2, 0) is 18.8 Å². The molecular formula is C14H24BNO4. The summed E-state index contributed by atoms with van der Waals surface area (Å²) in [5, 5.41) is 0. The molecule has 1 fully saturated rings. The first-order valence-electron chi connectivity index (χ1n) is 7.11. The molecule has 0 spiro atoms. The summed E-state index contributed by atoms with van der Waals surface area (Å²) in [5.41, 5.74) is 0.555. The third kappa shape index (κ3) is 3.24. The molecule has 0 aromatic carbocycles. The highest BCUT2D eigenvalue weighted by Gasteiger charge is 2.52. The second kappa shape index (κ2) is 5.50. The van der Waals surface area contributed by atoms with Gasteiger partial charge in [0.05, 0.1) is 11.2 Å². The van der Waals surface area contributed by atoms with Crippen molar-refractivity contribution in [2.24, 2.45) is 0 Å². The van der Waals surface area contributed by atoms with Gasteiger partial charge in [0.25, 0.3) is 0 Å². The highest BCUT2D eigenvalue weighted by Crippen LogP contribution is 2.39. The molecule has 0 aliphatic carbocycles. The van der Waals surface area contributed by atoms with Gasteiger partial charge in [0.15, 0.2) is 0 Å². The molecule has 0 aromatic heterocycles. The van der Waals surface area contributed by atoms with Gasteiger partial charge in [-0.05, 0) is 33.2 Å². The van der Waals surface area contributed by atoms with Gasteiger partial charge in [0.2, 0.25) is 0 Å². The van der Waals surface area contributed by atoms with Crippen LogP contribution >= 0.6 is 0 Å². The van der Waals surface area contributed by atoms with Gasteiger partial charge in [-0.15, -0.1) is 0 Å². The number of carbonyl (C=O) groups excluding carboxylic acids is 1. The van der Waals surface area contributed by atoms with Crippen molar-refractivity contribution in [3.05, 3.63) is 11.5 Å². The molecular weight excluding hydrogens is 257 g/mol. The van der Waals surface area contributed by atoms with Crippen LogP contribution in [0.15, 0.2) is 11.5 Å². The normalized spacial score (nSPS) is 24.9. The third-order valence-corrected chi connectivity index (χ3v) is 4.29. The molecule has 5 nitrogen and oxygen atoms in total. The molecule has 0 saturated carbocycles. The van der Waals surface area contributed by atoms with Crippen LogP contribution in [0.4, 0.5) is 0 Å². The molecule has 2 rings (SSSR count). The molecule has 0 N–H and O–H groups in total. The molecule has 2 aliphatic heterocycles. The molecule has 0 unspecified atom stereocenters. The van der Waals surface area contributed by atoms with Gasteiger partial charge in [-0.1, -0.05) is 6.08 Å². The number of hydrogen-bond donors (Lipinski definition) is 0. The van der Waals surface area contributed by atoms with Crippen molar-refractivity contribution in [2.75, 3.05) is 26.2 Å². The molecule has 0 bridgehead atoms. The van der Waals surface area contributed by atoms with Crippen molar-refractivity contribution in [2.45, 2.75) is 45.8 Å². The topological polar surface area (TPSA) is 48.0 Å². The van der Waals surface area contributed by atoms with E-state index < -0.39 is 0 Å². The van der Waals surface area contributed by atoms with E-state index in [1.54, 1.807) is 0 Å². The van der Waals surface area contributed by atoms with Crippen LogP contribution in [0.5, 0.6) is 0 Å². The number of esters is 1. The van der Waals surface area contributed by atoms with Gasteiger partial charge in [-0.25, -0.2) is 0 Å². The molecule has 0 atom stereocenters. The molecule has 112 valence electrons. The van der Waals surface area contributed by atoms with E-state index in [4.69, 9.17) is 14.0 Å². The van der Waals surface area contributed by atoms with Gasteiger partial charge in [-0.2, -0.15) is 0 Å². The van der Waals surface area contributed by atoms with Crippen molar-refractivity contribution >= 4 is 13.1 Å². The molecule has 0 amide bonds. The number of rotatable bonds is 4. The maximum Gasteiger partial charge on any atom is 0.491 e. The van der Waals surface area contributed by atoms with E-state index in [0.717, 1.165) is 25.1 Å². The minimum absolute atomic E-state index is 0.233. The van der Waals surface area contributed by atoms with Crippen LogP contribution in [0.1, 0.15) is 34.6 Å². The zero-order valence-corrected chi connectivity index (χ0v) is 13.1. The first-order chi connectivity index (χ1) is 9.21. The monoisotopic (exact) mass is 281 g/mol. The van der Waals surface area contributed by atoms with Crippen molar-refractivity contribution in [3.8, 4) is 0 Å². The Morgan fingerprint density at radius 1 is 1.35 bits per heavy atom. The Morgan fingerprint density at radius 2 is 1.95 bits per heavy atom. The maximum absolute atomic E-state index is 10.7. The molecule has 6 heteroatoms. The molecule has 1 saturated heterocycles. The van der Waals surface area contributed by atoms with Gasteiger partial charge >= 0.3 is 13.1 Å². The average Bonchev–Trinajstić information content (AvgIpc) is 2.82. The summed E-state index contributed by atoms with van der Waals surface area (Å²) in [7, 11) is -0.265. The summed E-state index contributed by atoms with van der Waals surface area (Å²) in [5.74, 6) is -0.233. The maximum atomic E-state index is 10.7. The first kappa shape index (κ1) is 15.5.